The van der Waals surface area contributed by atoms with E-state index >= 15 is 0 Å². The molecule has 1 atom stereocenters. The number of carbonyl (C=O) groups excluding carboxylic acids is 1. The Morgan fingerprint density at radius 3 is 2.42 bits per heavy atom. The van der Waals surface area contributed by atoms with Gasteiger partial charge in [0.2, 0.25) is 0 Å². The third-order valence-corrected chi connectivity index (χ3v) is 1.28. The summed E-state index contributed by atoms with van der Waals surface area (Å²) in [6, 6.07) is 0. The molecule has 0 aromatic rings. The molecule has 0 spiro atoms. The van der Waals surface area contributed by atoms with Gasteiger partial charge in [-0.05, 0) is 0 Å². The second kappa shape index (κ2) is 5.23. The summed E-state index contributed by atoms with van der Waals surface area (Å²) in [5.41, 5.74) is 0. The average molecular weight is 200 g/mol. The van der Waals surface area contributed by atoms with Crippen LogP contribution < -0.4 is 0 Å². The Morgan fingerprint density at radius 1 is 1.42 bits per heavy atom. The van der Waals surface area contributed by atoms with E-state index in [4.69, 9.17) is 14.9 Å². The van der Waals surface area contributed by atoms with Gasteiger partial charge >= 0.3 is 7.82 Å². The van der Waals surface area contributed by atoms with Gasteiger partial charge in [-0.2, -0.15) is 0 Å². The summed E-state index contributed by atoms with van der Waals surface area (Å²) in [6.07, 6.45) is -1.23. The van der Waals surface area contributed by atoms with Crippen molar-refractivity contribution in [3.63, 3.8) is 0 Å². The van der Waals surface area contributed by atoms with Crippen LogP contribution in [0.1, 0.15) is 0 Å². The van der Waals surface area contributed by atoms with Crippen LogP contribution in [0.25, 0.3) is 0 Å². The lowest BCUT2D eigenvalue weighted by molar-refractivity contribution is -0.132. The van der Waals surface area contributed by atoms with Crippen LogP contribution in [0.15, 0.2) is 0 Å². The predicted octanol–water partition coefficient (Wildman–Crippen LogP) is -1.37. The zero-order valence-electron chi connectivity index (χ0n) is 5.99. The molecule has 0 aromatic carbocycles. The second-order valence-electron chi connectivity index (χ2n) is 1.87. The molecule has 0 unspecified atom stereocenters. The van der Waals surface area contributed by atoms with Gasteiger partial charge in [0.25, 0.3) is 6.47 Å². The monoisotopic (exact) mass is 200 g/mol. The number of hydrogen-bond acceptors (Lipinski definition) is 5. The van der Waals surface area contributed by atoms with Gasteiger partial charge in [0.1, 0.15) is 12.7 Å². The lowest BCUT2D eigenvalue weighted by Crippen LogP contribution is -2.20. The normalized spacial score (nSPS) is 13.9. The van der Waals surface area contributed by atoms with Crippen LogP contribution in [-0.4, -0.2) is 40.7 Å². The lowest BCUT2D eigenvalue weighted by atomic mass is 10.4. The summed E-state index contributed by atoms with van der Waals surface area (Å²) in [4.78, 5) is 25.9. The maximum absolute atomic E-state index is 10.1. The number of rotatable bonds is 6. The van der Waals surface area contributed by atoms with Crippen molar-refractivity contribution in [2.75, 3.05) is 13.2 Å². The van der Waals surface area contributed by atoms with Gasteiger partial charge in [0.15, 0.2) is 0 Å². The van der Waals surface area contributed by atoms with Crippen LogP contribution in [0, 0.1) is 0 Å². The SMILES string of the molecule is O=COC[C@@H](O)COP(=O)(O)O. The highest BCUT2D eigenvalue weighted by Gasteiger charge is 2.16. The van der Waals surface area contributed by atoms with Crippen molar-refractivity contribution in [3.8, 4) is 0 Å². The average Bonchev–Trinajstić information content (AvgIpc) is 1.95. The van der Waals surface area contributed by atoms with Crippen molar-refractivity contribution in [1.82, 2.24) is 0 Å². The molecule has 0 rings (SSSR count). The summed E-state index contributed by atoms with van der Waals surface area (Å²) in [5.74, 6) is 0. The van der Waals surface area contributed by atoms with Gasteiger partial charge in [-0.3, -0.25) is 9.32 Å². The third kappa shape index (κ3) is 7.64. The summed E-state index contributed by atoms with van der Waals surface area (Å²) in [6.45, 7) is -0.831. The molecule has 0 saturated heterocycles. The van der Waals surface area contributed by atoms with E-state index in [-0.39, 0.29) is 13.1 Å². The summed E-state index contributed by atoms with van der Waals surface area (Å²) < 4.78 is 18.1. The van der Waals surface area contributed by atoms with E-state index in [1.807, 2.05) is 0 Å². The number of phosphoric acid groups is 1. The molecule has 12 heavy (non-hydrogen) atoms. The van der Waals surface area contributed by atoms with E-state index < -0.39 is 20.5 Å². The minimum Gasteiger partial charge on any atom is -0.465 e. The fraction of sp³-hybridized carbons (Fsp3) is 0.750. The van der Waals surface area contributed by atoms with Crippen molar-refractivity contribution in [2.24, 2.45) is 0 Å². The zero-order valence-corrected chi connectivity index (χ0v) is 6.89. The maximum atomic E-state index is 10.1. The molecule has 0 aliphatic rings. The van der Waals surface area contributed by atoms with Crippen LogP contribution in [0.4, 0.5) is 0 Å². The van der Waals surface area contributed by atoms with Crippen LogP contribution >= 0.6 is 7.82 Å². The molecule has 0 radical (unpaired) electrons. The predicted molar refractivity (Wildman–Crippen MR) is 36.0 cm³/mol. The van der Waals surface area contributed by atoms with Crippen LogP contribution in [0.2, 0.25) is 0 Å². The molecular weight excluding hydrogens is 191 g/mol. The van der Waals surface area contributed by atoms with Crippen LogP contribution in [0.5, 0.6) is 0 Å². The molecule has 0 aliphatic carbocycles. The standard InChI is InChI=1S/C4H9O7P/c5-3-10-1-4(6)2-11-12(7,8)9/h3-4,6H,1-2H2,(H2,7,8,9)/t4-/m1/s1. The first kappa shape index (κ1) is 11.5. The van der Waals surface area contributed by atoms with Gasteiger partial charge in [-0.25, -0.2) is 4.57 Å². The van der Waals surface area contributed by atoms with Gasteiger partial charge in [0.05, 0.1) is 6.61 Å². The largest absolute Gasteiger partial charge is 0.469 e. The minimum atomic E-state index is -4.56. The molecule has 0 bridgehead atoms. The van der Waals surface area contributed by atoms with E-state index in [2.05, 4.69) is 9.26 Å². The summed E-state index contributed by atoms with van der Waals surface area (Å²) in [5, 5.41) is 8.79. The zero-order chi connectivity index (χ0) is 9.61. The Kier molecular flexibility index (Phi) is 5.03. The van der Waals surface area contributed by atoms with Crippen molar-refractivity contribution in [1.29, 1.82) is 0 Å². The summed E-state index contributed by atoms with van der Waals surface area (Å²) in [7, 11) is -4.56. The maximum Gasteiger partial charge on any atom is 0.469 e. The van der Waals surface area contributed by atoms with E-state index in [0.717, 1.165) is 0 Å². The first-order valence-electron chi connectivity index (χ1n) is 2.89. The molecule has 3 N–H and O–H groups in total. The molecule has 0 fully saturated rings. The van der Waals surface area contributed by atoms with E-state index in [1.54, 1.807) is 0 Å². The van der Waals surface area contributed by atoms with Crippen LogP contribution in [-0.2, 0) is 18.6 Å². The van der Waals surface area contributed by atoms with Gasteiger partial charge in [-0.1, -0.05) is 0 Å². The van der Waals surface area contributed by atoms with Crippen molar-refractivity contribution < 1.29 is 33.5 Å². The third-order valence-electron chi connectivity index (χ3n) is 0.792. The topological polar surface area (TPSA) is 113 Å². The highest BCUT2D eigenvalue weighted by atomic mass is 31.2. The highest BCUT2D eigenvalue weighted by molar-refractivity contribution is 7.46. The molecule has 0 aliphatic heterocycles. The van der Waals surface area contributed by atoms with Gasteiger partial charge in [0, 0.05) is 0 Å². The van der Waals surface area contributed by atoms with Crippen molar-refractivity contribution in [2.45, 2.75) is 6.10 Å². The Hall–Kier alpha value is -0.460. The molecule has 8 heteroatoms. The van der Waals surface area contributed by atoms with Crippen molar-refractivity contribution in [3.05, 3.63) is 0 Å². The Morgan fingerprint density at radius 2 is 2.00 bits per heavy atom. The fourth-order valence-corrected chi connectivity index (χ4v) is 0.748. The Balaban J connectivity index is 3.50. The minimum absolute atomic E-state index is 0.112. The van der Waals surface area contributed by atoms with Crippen molar-refractivity contribution >= 4 is 14.3 Å². The molecular formula is C4H9O7P. The number of aliphatic hydroxyl groups is 1. The second-order valence-corrected chi connectivity index (χ2v) is 3.11. The number of phosphoric ester groups is 1. The molecule has 7 nitrogen and oxygen atoms in total. The van der Waals surface area contributed by atoms with E-state index in [1.165, 1.54) is 0 Å². The fourth-order valence-electron chi connectivity index (χ4n) is 0.382. The molecule has 0 heterocycles. The Bertz CT molecular complexity index is 174. The van der Waals surface area contributed by atoms with Crippen LogP contribution in [0.3, 0.4) is 0 Å². The van der Waals surface area contributed by atoms with E-state index in [0.29, 0.717) is 0 Å². The molecule has 0 aromatic heterocycles. The number of aliphatic hydroxyl groups excluding tert-OH is 1. The number of hydrogen-bond donors (Lipinski definition) is 3. The summed E-state index contributed by atoms with van der Waals surface area (Å²) >= 11 is 0. The first-order chi connectivity index (χ1) is 5.45. The molecule has 0 saturated carbocycles. The number of ether oxygens (including phenoxy) is 1. The quantitative estimate of drug-likeness (QED) is 0.358. The lowest BCUT2D eigenvalue weighted by Gasteiger charge is -2.09. The van der Waals surface area contributed by atoms with Gasteiger partial charge in [-0.15, -0.1) is 0 Å². The number of carbonyl (C=O) groups is 1. The highest BCUT2D eigenvalue weighted by Crippen LogP contribution is 2.35. The van der Waals surface area contributed by atoms with E-state index in [9.17, 15) is 9.36 Å². The molecule has 72 valence electrons. The Labute approximate surface area is 68.2 Å². The first-order valence-corrected chi connectivity index (χ1v) is 4.42. The van der Waals surface area contributed by atoms with Gasteiger partial charge < -0.3 is 19.6 Å². The molecule has 0 amide bonds. The smallest absolute Gasteiger partial charge is 0.465 e.